The van der Waals surface area contributed by atoms with E-state index in [0.29, 0.717) is 11.6 Å². The van der Waals surface area contributed by atoms with Gasteiger partial charge in [0.1, 0.15) is 11.9 Å². The molecule has 0 atom stereocenters. The summed E-state index contributed by atoms with van der Waals surface area (Å²) in [5.74, 6) is 0.565. The van der Waals surface area contributed by atoms with E-state index in [1.807, 2.05) is 0 Å². The first-order valence-electron chi connectivity index (χ1n) is 8.59. The fourth-order valence-electron chi connectivity index (χ4n) is 3.05. The summed E-state index contributed by atoms with van der Waals surface area (Å²) in [4.78, 5) is 19.9. The number of hydrogen-bond acceptors (Lipinski definition) is 6. The third-order valence-electron chi connectivity index (χ3n) is 4.62. The van der Waals surface area contributed by atoms with Crippen molar-refractivity contribution in [3.63, 3.8) is 0 Å². The van der Waals surface area contributed by atoms with E-state index in [0.717, 1.165) is 56.7 Å². The van der Waals surface area contributed by atoms with E-state index in [-0.39, 0.29) is 24.1 Å². The first-order valence-corrected chi connectivity index (χ1v) is 8.59. The van der Waals surface area contributed by atoms with Gasteiger partial charge in [-0.25, -0.2) is 14.4 Å². The Bertz CT molecular complexity index is 737. The van der Waals surface area contributed by atoms with Crippen LogP contribution in [0.3, 0.4) is 0 Å². The van der Waals surface area contributed by atoms with Crippen LogP contribution in [0.25, 0.3) is 0 Å². The molecular weight excluding hydrogens is 327 g/mol. The summed E-state index contributed by atoms with van der Waals surface area (Å²) < 4.78 is 23.7. The molecule has 2 heterocycles. The molecule has 0 bridgehead atoms. The normalized spacial score (nSPS) is 23.2. The average molecular weight is 346 g/mol. The summed E-state index contributed by atoms with van der Waals surface area (Å²) in [6, 6.07) is 2.01. The van der Waals surface area contributed by atoms with Crippen LogP contribution < -0.4 is 10.1 Å². The molecule has 2 aliphatic rings. The molecule has 0 saturated heterocycles. The van der Waals surface area contributed by atoms with Gasteiger partial charge in [0.15, 0.2) is 11.5 Å². The zero-order valence-corrected chi connectivity index (χ0v) is 13.7. The van der Waals surface area contributed by atoms with Gasteiger partial charge in [0.05, 0.1) is 12.4 Å². The Hall–Kier alpha value is -2.51. The minimum absolute atomic E-state index is 0.0212. The smallest absolute Gasteiger partial charge is 0.316 e. The Labute approximate surface area is 144 Å². The monoisotopic (exact) mass is 346 g/mol. The fourth-order valence-corrected chi connectivity index (χ4v) is 3.05. The van der Waals surface area contributed by atoms with Gasteiger partial charge in [0.25, 0.3) is 5.91 Å². The number of halogens is 1. The molecule has 0 radical (unpaired) electrons. The zero-order chi connectivity index (χ0) is 17.2. The number of rotatable bonds is 5. The SMILES string of the molecule is O=C(NC1CCC(Oc2ncc(F)cn2)CC1)c1cc(C2CC2)on1. The van der Waals surface area contributed by atoms with Crippen LogP contribution in [0.2, 0.25) is 0 Å². The quantitative estimate of drug-likeness (QED) is 0.895. The maximum Gasteiger partial charge on any atom is 0.316 e. The average Bonchev–Trinajstić information content (AvgIpc) is 3.35. The van der Waals surface area contributed by atoms with E-state index in [9.17, 15) is 9.18 Å². The van der Waals surface area contributed by atoms with Crippen LogP contribution in [0.15, 0.2) is 23.0 Å². The lowest BCUT2D eigenvalue weighted by molar-refractivity contribution is 0.0876. The molecule has 0 aliphatic heterocycles. The fraction of sp³-hybridized carbons (Fsp3) is 0.529. The highest BCUT2D eigenvalue weighted by Gasteiger charge is 2.30. The summed E-state index contributed by atoms with van der Waals surface area (Å²) in [6.45, 7) is 0. The molecule has 7 nitrogen and oxygen atoms in total. The molecule has 2 fully saturated rings. The maximum atomic E-state index is 12.8. The van der Waals surface area contributed by atoms with Crippen LogP contribution in [0, 0.1) is 5.82 Å². The number of carbonyl (C=O) groups excluding carboxylic acids is 1. The molecule has 25 heavy (non-hydrogen) atoms. The van der Waals surface area contributed by atoms with Crippen molar-refractivity contribution in [3.8, 4) is 6.01 Å². The van der Waals surface area contributed by atoms with Crippen molar-refractivity contribution in [2.24, 2.45) is 0 Å². The second kappa shape index (κ2) is 6.78. The van der Waals surface area contributed by atoms with Crippen molar-refractivity contribution < 1.29 is 18.4 Å². The molecule has 0 unspecified atom stereocenters. The second-order valence-electron chi connectivity index (χ2n) is 6.64. The Morgan fingerprint density at radius 3 is 2.56 bits per heavy atom. The molecule has 1 amide bonds. The number of ether oxygens (including phenoxy) is 1. The molecule has 1 N–H and O–H groups in total. The van der Waals surface area contributed by atoms with Gasteiger partial charge in [-0.2, -0.15) is 0 Å². The van der Waals surface area contributed by atoms with Crippen LogP contribution in [-0.2, 0) is 0 Å². The highest BCUT2D eigenvalue weighted by Crippen LogP contribution is 2.40. The van der Waals surface area contributed by atoms with Gasteiger partial charge >= 0.3 is 6.01 Å². The van der Waals surface area contributed by atoms with Crippen LogP contribution >= 0.6 is 0 Å². The Kier molecular flexibility index (Phi) is 4.33. The molecule has 2 saturated carbocycles. The number of nitrogens with one attached hydrogen (secondary N) is 1. The lowest BCUT2D eigenvalue weighted by Gasteiger charge is -2.28. The standard InChI is InChI=1S/C17H19FN4O3/c18-11-8-19-17(20-9-11)24-13-5-3-12(4-6-13)21-16(23)14-7-15(25-22-14)10-1-2-10/h7-10,12-13H,1-6H2,(H,21,23). The lowest BCUT2D eigenvalue weighted by atomic mass is 9.93. The molecule has 2 aliphatic carbocycles. The Balaban J connectivity index is 1.25. The first kappa shape index (κ1) is 16.0. The lowest BCUT2D eigenvalue weighted by Crippen LogP contribution is -2.39. The van der Waals surface area contributed by atoms with E-state index in [1.54, 1.807) is 6.07 Å². The summed E-state index contributed by atoms with van der Waals surface area (Å²) in [5.41, 5.74) is 0.347. The maximum absolute atomic E-state index is 12.8. The van der Waals surface area contributed by atoms with Gasteiger partial charge in [-0.05, 0) is 38.5 Å². The van der Waals surface area contributed by atoms with Crippen molar-refractivity contribution in [1.82, 2.24) is 20.4 Å². The van der Waals surface area contributed by atoms with Gasteiger partial charge in [0.2, 0.25) is 0 Å². The zero-order valence-electron chi connectivity index (χ0n) is 13.7. The van der Waals surface area contributed by atoms with Crippen molar-refractivity contribution in [2.75, 3.05) is 0 Å². The molecule has 0 spiro atoms. The summed E-state index contributed by atoms with van der Waals surface area (Å²) in [7, 11) is 0. The topological polar surface area (TPSA) is 90.1 Å². The minimum atomic E-state index is -0.489. The van der Waals surface area contributed by atoms with E-state index < -0.39 is 5.82 Å². The van der Waals surface area contributed by atoms with Crippen LogP contribution in [0.4, 0.5) is 4.39 Å². The second-order valence-corrected chi connectivity index (χ2v) is 6.64. The van der Waals surface area contributed by atoms with Crippen LogP contribution in [0.1, 0.15) is 60.7 Å². The number of carbonyl (C=O) groups is 1. The van der Waals surface area contributed by atoms with Gasteiger partial charge < -0.3 is 14.6 Å². The summed E-state index contributed by atoms with van der Waals surface area (Å²) >= 11 is 0. The van der Waals surface area contributed by atoms with Gasteiger partial charge in [-0.15, -0.1) is 0 Å². The number of aromatic nitrogens is 3. The van der Waals surface area contributed by atoms with E-state index >= 15 is 0 Å². The Morgan fingerprint density at radius 1 is 1.16 bits per heavy atom. The van der Waals surface area contributed by atoms with Gasteiger partial charge in [-0.3, -0.25) is 4.79 Å². The number of nitrogens with zero attached hydrogens (tertiary/aromatic N) is 3. The molecule has 2 aromatic heterocycles. The minimum Gasteiger partial charge on any atom is -0.460 e. The highest BCUT2D eigenvalue weighted by molar-refractivity contribution is 5.92. The predicted octanol–water partition coefficient (Wildman–Crippen LogP) is 2.60. The molecule has 8 heteroatoms. The van der Waals surface area contributed by atoms with Crippen molar-refractivity contribution >= 4 is 5.91 Å². The number of hydrogen-bond donors (Lipinski definition) is 1. The molecule has 132 valence electrons. The van der Waals surface area contributed by atoms with Crippen LogP contribution in [-0.4, -0.2) is 33.2 Å². The van der Waals surface area contributed by atoms with E-state index in [2.05, 4.69) is 20.4 Å². The van der Waals surface area contributed by atoms with Gasteiger partial charge in [-0.1, -0.05) is 5.16 Å². The molecule has 2 aromatic rings. The summed E-state index contributed by atoms with van der Waals surface area (Å²) in [6.07, 6.45) is 7.51. The van der Waals surface area contributed by atoms with E-state index in [1.165, 1.54) is 0 Å². The first-order chi connectivity index (χ1) is 12.2. The third kappa shape index (κ3) is 3.94. The predicted molar refractivity (Wildman–Crippen MR) is 84.6 cm³/mol. The molecule has 4 rings (SSSR count). The Morgan fingerprint density at radius 2 is 1.88 bits per heavy atom. The van der Waals surface area contributed by atoms with E-state index in [4.69, 9.17) is 9.26 Å². The van der Waals surface area contributed by atoms with Crippen molar-refractivity contribution in [1.29, 1.82) is 0 Å². The molecule has 0 aromatic carbocycles. The molecular formula is C17H19FN4O3. The highest BCUT2D eigenvalue weighted by atomic mass is 19.1. The van der Waals surface area contributed by atoms with Crippen molar-refractivity contribution in [3.05, 3.63) is 35.7 Å². The third-order valence-corrected chi connectivity index (χ3v) is 4.62. The largest absolute Gasteiger partial charge is 0.460 e. The van der Waals surface area contributed by atoms with Crippen LogP contribution in [0.5, 0.6) is 6.01 Å². The van der Waals surface area contributed by atoms with Gasteiger partial charge in [0, 0.05) is 18.0 Å². The summed E-state index contributed by atoms with van der Waals surface area (Å²) in [5, 5.41) is 6.86. The van der Waals surface area contributed by atoms with Crippen molar-refractivity contribution in [2.45, 2.75) is 56.6 Å². The number of amides is 1.